The van der Waals surface area contributed by atoms with Gasteiger partial charge in [-0.3, -0.25) is 0 Å². The van der Waals surface area contributed by atoms with Crippen molar-refractivity contribution in [3.8, 4) is 17.2 Å². The lowest BCUT2D eigenvalue weighted by Crippen LogP contribution is -2.60. The average molecular weight is 633 g/mol. The van der Waals surface area contributed by atoms with Crippen molar-refractivity contribution in [1.82, 2.24) is 0 Å². The number of aliphatic hydroxyl groups excluding tert-OH is 4. The van der Waals surface area contributed by atoms with Crippen molar-refractivity contribution in [3.05, 3.63) is 70.6 Å². The average Bonchev–Trinajstić information content (AvgIpc) is 3.32. The monoisotopic (exact) mass is 632 g/mol. The zero-order valence-electron chi connectivity index (χ0n) is 23.8. The molecule has 0 aliphatic carbocycles. The van der Waals surface area contributed by atoms with Gasteiger partial charge in [0.15, 0.2) is 23.4 Å². The van der Waals surface area contributed by atoms with Gasteiger partial charge in [-0.15, -0.1) is 0 Å². The topological polar surface area (TPSA) is 224 Å². The van der Waals surface area contributed by atoms with Crippen molar-refractivity contribution in [2.75, 3.05) is 26.9 Å². The molecule has 2 aliphatic rings. The van der Waals surface area contributed by atoms with Gasteiger partial charge in [-0.05, 0) is 35.9 Å². The maximum Gasteiger partial charge on any atom is 0.379 e. The van der Waals surface area contributed by atoms with Gasteiger partial charge in [0.05, 0.1) is 20.3 Å². The molecule has 15 nitrogen and oxygen atoms in total. The summed E-state index contributed by atoms with van der Waals surface area (Å²) in [5, 5.41) is 63.0. The summed E-state index contributed by atoms with van der Waals surface area (Å²) in [6, 6.07) is 12.4. The van der Waals surface area contributed by atoms with E-state index < -0.39 is 80.1 Å². The number of para-hydroxylation sites is 1. The van der Waals surface area contributed by atoms with Gasteiger partial charge in [-0.25, -0.2) is 9.59 Å². The van der Waals surface area contributed by atoms with Gasteiger partial charge in [0.25, 0.3) is 0 Å². The minimum absolute atomic E-state index is 0.0758. The zero-order chi connectivity index (χ0) is 32.3. The predicted octanol–water partition coefficient (Wildman–Crippen LogP) is -0.585. The minimum Gasteiger partial charge on any atom is -0.504 e. The van der Waals surface area contributed by atoms with Gasteiger partial charge in [0, 0.05) is 11.5 Å². The highest BCUT2D eigenvalue weighted by atomic mass is 16.7. The maximum absolute atomic E-state index is 12.4. The summed E-state index contributed by atoms with van der Waals surface area (Å²) in [6.07, 6.45) is -8.87. The standard InChI is InChI=1S/C30H32O15/c1-39-19-10-15(6-8-17(19)31)7-9-22(32)41-13-30(38)14-42-29(26(30)36)40-12-21-23(33)24(34)25(35)28(45-21)44-20-11-16-4-2-3-5-18(16)43-27(20)37/h2-11,21,23-26,28-29,31,33-36,38H,12-14H2,1H3. The number of carbonyl (C=O) groups excluding carboxylic acids is 1. The molecule has 1 aromatic heterocycles. The second kappa shape index (κ2) is 13.5. The number of benzene rings is 2. The molecule has 8 atom stereocenters. The highest BCUT2D eigenvalue weighted by molar-refractivity contribution is 5.87. The van der Waals surface area contributed by atoms with Gasteiger partial charge >= 0.3 is 11.6 Å². The molecule has 0 bridgehead atoms. The first kappa shape index (κ1) is 32.3. The molecule has 2 saturated heterocycles. The van der Waals surface area contributed by atoms with Crippen molar-refractivity contribution in [3.63, 3.8) is 0 Å². The van der Waals surface area contributed by atoms with Crippen LogP contribution in [0.1, 0.15) is 5.56 Å². The number of hydrogen-bond donors (Lipinski definition) is 6. The highest BCUT2D eigenvalue weighted by Crippen LogP contribution is 2.30. The Morgan fingerprint density at radius 3 is 2.58 bits per heavy atom. The smallest absolute Gasteiger partial charge is 0.379 e. The number of carbonyl (C=O) groups is 1. The highest BCUT2D eigenvalue weighted by Gasteiger charge is 2.51. The third-order valence-corrected chi connectivity index (χ3v) is 7.33. The maximum atomic E-state index is 12.4. The Bertz CT molecular complexity index is 1590. The van der Waals surface area contributed by atoms with Gasteiger partial charge < -0.3 is 63.5 Å². The number of aliphatic hydroxyl groups is 5. The van der Waals surface area contributed by atoms with Gasteiger partial charge in [0.2, 0.25) is 12.0 Å². The van der Waals surface area contributed by atoms with E-state index in [-0.39, 0.29) is 17.2 Å². The summed E-state index contributed by atoms with van der Waals surface area (Å²) in [6.45, 7) is -1.66. The van der Waals surface area contributed by atoms with Crippen LogP contribution in [-0.4, -0.2) is 112 Å². The fraction of sp³-hybridized carbons (Fsp3) is 0.400. The lowest BCUT2D eigenvalue weighted by molar-refractivity contribution is -0.289. The van der Waals surface area contributed by atoms with E-state index in [1.165, 1.54) is 37.5 Å². The number of aromatic hydroxyl groups is 1. The molecule has 0 spiro atoms. The first-order valence-corrected chi connectivity index (χ1v) is 13.7. The minimum atomic E-state index is -2.05. The molecule has 242 valence electrons. The Kier molecular flexibility index (Phi) is 9.71. The van der Waals surface area contributed by atoms with Gasteiger partial charge in [0.1, 0.15) is 42.7 Å². The van der Waals surface area contributed by atoms with Crippen LogP contribution in [0.5, 0.6) is 17.2 Å². The lowest BCUT2D eigenvalue weighted by Gasteiger charge is -2.40. The van der Waals surface area contributed by atoms with E-state index >= 15 is 0 Å². The van der Waals surface area contributed by atoms with E-state index in [9.17, 15) is 40.2 Å². The Morgan fingerprint density at radius 2 is 1.80 bits per heavy atom. The molecule has 5 rings (SSSR count). The molecule has 2 aliphatic heterocycles. The molecule has 3 aromatic rings. The fourth-order valence-electron chi connectivity index (χ4n) is 4.72. The zero-order valence-corrected chi connectivity index (χ0v) is 23.8. The fourth-order valence-corrected chi connectivity index (χ4v) is 4.72. The number of phenols is 1. The second-order valence-corrected chi connectivity index (χ2v) is 10.5. The van der Waals surface area contributed by atoms with Crippen molar-refractivity contribution < 1.29 is 68.3 Å². The van der Waals surface area contributed by atoms with E-state index in [1.54, 1.807) is 24.3 Å². The lowest BCUT2D eigenvalue weighted by atomic mass is 9.99. The Hall–Kier alpha value is -4.06. The van der Waals surface area contributed by atoms with Gasteiger partial charge in [-0.1, -0.05) is 24.3 Å². The van der Waals surface area contributed by atoms with E-state index in [1.807, 2.05) is 0 Å². The number of esters is 1. The van der Waals surface area contributed by atoms with Crippen molar-refractivity contribution in [2.45, 2.75) is 48.7 Å². The van der Waals surface area contributed by atoms with Gasteiger partial charge in [-0.2, -0.15) is 0 Å². The predicted molar refractivity (Wildman–Crippen MR) is 151 cm³/mol. The number of hydrogen-bond acceptors (Lipinski definition) is 15. The van der Waals surface area contributed by atoms with E-state index in [0.717, 1.165) is 6.08 Å². The molecular formula is C30H32O15. The molecule has 0 saturated carbocycles. The molecule has 8 unspecified atom stereocenters. The van der Waals surface area contributed by atoms with Crippen LogP contribution in [0, 0.1) is 0 Å². The normalized spacial score (nSPS) is 30.0. The van der Waals surface area contributed by atoms with E-state index in [4.69, 9.17) is 32.8 Å². The SMILES string of the molecule is COc1cc(C=CC(=O)OCC2(O)COC(OCC3OC(Oc4cc5ccccc5oc4=O)C(O)C(O)C3O)C2O)ccc1O. The molecule has 45 heavy (non-hydrogen) atoms. The van der Waals surface area contributed by atoms with Crippen molar-refractivity contribution >= 4 is 23.0 Å². The summed E-state index contributed by atoms with van der Waals surface area (Å²) in [7, 11) is 1.38. The molecule has 0 radical (unpaired) electrons. The quantitative estimate of drug-likeness (QED) is 0.0934. The van der Waals surface area contributed by atoms with Crippen LogP contribution in [0.15, 0.2) is 63.8 Å². The summed E-state index contributed by atoms with van der Waals surface area (Å²) in [5.74, 6) is -1.03. The first-order valence-electron chi connectivity index (χ1n) is 13.7. The number of methoxy groups -OCH3 is 1. The third-order valence-electron chi connectivity index (χ3n) is 7.33. The molecule has 3 heterocycles. The Balaban J connectivity index is 1.15. The summed E-state index contributed by atoms with van der Waals surface area (Å²) in [5.41, 5.74) is -2.08. The van der Waals surface area contributed by atoms with Crippen LogP contribution in [-0.2, 0) is 23.7 Å². The summed E-state index contributed by atoms with van der Waals surface area (Å²) in [4.78, 5) is 24.6. The molecule has 2 fully saturated rings. The van der Waals surface area contributed by atoms with E-state index in [0.29, 0.717) is 16.5 Å². The van der Waals surface area contributed by atoms with Crippen LogP contribution in [0.2, 0.25) is 0 Å². The molecule has 0 amide bonds. The van der Waals surface area contributed by atoms with Crippen molar-refractivity contribution in [2.24, 2.45) is 0 Å². The number of rotatable bonds is 10. The Labute approximate surface area is 255 Å². The number of phenolic OH excluding ortho intramolecular Hbond substituents is 1. The second-order valence-electron chi connectivity index (χ2n) is 10.5. The van der Waals surface area contributed by atoms with Crippen LogP contribution in [0.4, 0.5) is 0 Å². The van der Waals surface area contributed by atoms with Crippen LogP contribution >= 0.6 is 0 Å². The molecule has 6 N–H and O–H groups in total. The molecule has 15 heteroatoms. The Morgan fingerprint density at radius 1 is 1.02 bits per heavy atom. The van der Waals surface area contributed by atoms with Crippen LogP contribution < -0.4 is 15.1 Å². The van der Waals surface area contributed by atoms with E-state index in [2.05, 4.69) is 0 Å². The van der Waals surface area contributed by atoms with Crippen LogP contribution in [0.3, 0.4) is 0 Å². The molecule has 2 aromatic carbocycles. The third kappa shape index (κ3) is 7.11. The molecular weight excluding hydrogens is 600 g/mol. The largest absolute Gasteiger partial charge is 0.504 e. The number of ether oxygens (including phenoxy) is 6. The summed E-state index contributed by atoms with van der Waals surface area (Å²) >= 11 is 0. The summed E-state index contributed by atoms with van der Waals surface area (Å²) < 4.78 is 37.2. The number of fused-ring (bicyclic) bond motifs is 1. The first-order chi connectivity index (χ1) is 21.5. The van der Waals surface area contributed by atoms with Crippen LogP contribution in [0.25, 0.3) is 17.0 Å². The van der Waals surface area contributed by atoms with Crippen molar-refractivity contribution in [1.29, 1.82) is 0 Å².